The maximum absolute atomic E-state index is 10.2. The lowest BCUT2D eigenvalue weighted by Gasteiger charge is -2.02. The highest BCUT2D eigenvalue weighted by Gasteiger charge is 2.03. The van der Waals surface area contributed by atoms with E-state index in [0.717, 1.165) is 11.8 Å². The van der Waals surface area contributed by atoms with Crippen LogP contribution in [0.2, 0.25) is 0 Å². The zero-order valence-corrected chi connectivity index (χ0v) is 7.84. The summed E-state index contributed by atoms with van der Waals surface area (Å²) in [6.07, 6.45) is 1.32. The molecule has 0 aliphatic heterocycles. The molecule has 0 fully saturated rings. The first kappa shape index (κ1) is 10.2. The van der Waals surface area contributed by atoms with Crippen LogP contribution in [0.5, 0.6) is 0 Å². The van der Waals surface area contributed by atoms with Gasteiger partial charge in [0.2, 0.25) is 0 Å². The molecule has 1 aromatic rings. The number of nitro groups is 1. The molecule has 0 amide bonds. The van der Waals surface area contributed by atoms with E-state index >= 15 is 0 Å². The molecule has 1 aromatic carbocycles. The Bertz CT molecular complexity index is 332. The summed E-state index contributed by atoms with van der Waals surface area (Å²) in [5.41, 5.74) is 0.988. The summed E-state index contributed by atoms with van der Waals surface area (Å²) in [4.78, 5) is 9.70. The summed E-state index contributed by atoms with van der Waals surface area (Å²) in [6.45, 7) is 0. The van der Waals surface area contributed by atoms with Gasteiger partial charge in [0.25, 0.3) is 6.20 Å². The van der Waals surface area contributed by atoms with Gasteiger partial charge >= 0.3 is 0 Å². The molecular formula is C10H11NO3. The summed E-state index contributed by atoms with van der Waals surface area (Å²) in [5.74, 6) is 0.348. The van der Waals surface area contributed by atoms with Gasteiger partial charge in [-0.2, -0.15) is 0 Å². The van der Waals surface area contributed by atoms with Crippen molar-refractivity contribution in [3.8, 4) is 0 Å². The van der Waals surface area contributed by atoms with Gasteiger partial charge < -0.3 is 4.74 Å². The molecule has 0 saturated heterocycles. The van der Waals surface area contributed by atoms with Gasteiger partial charge in [-0.25, -0.2) is 0 Å². The van der Waals surface area contributed by atoms with Gasteiger partial charge in [-0.15, -0.1) is 0 Å². The maximum Gasteiger partial charge on any atom is 0.272 e. The zero-order valence-electron chi connectivity index (χ0n) is 7.84. The molecule has 14 heavy (non-hydrogen) atoms. The second kappa shape index (κ2) is 5.01. The van der Waals surface area contributed by atoms with Crippen molar-refractivity contribution in [3.05, 3.63) is 58.0 Å². The fourth-order valence-electron chi connectivity index (χ4n) is 1.09. The highest BCUT2D eigenvalue weighted by Crippen LogP contribution is 2.07. The van der Waals surface area contributed by atoms with Gasteiger partial charge in [0.05, 0.1) is 12.0 Å². The van der Waals surface area contributed by atoms with Gasteiger partial charge in [-0.1, -0.05) is 30.3 Å². The van der Waals surface area contributed by atoms with Crippen LogP contribution in [0.15, 0.2) is 42.3 Å². The first-order valence-electron chi connectivity index (χ1n) is 4.14. The molecule has 74 valence electrons. The topological polar surface area (TPSA) is 52.4 Å². The van der Waals surface area contributed by atoms with E-state index in [1.165, 1.54) is 7.11 Å². The Morgan fingerprint density at radius 1 is 1.50 bits per heavy atom. The van der Waals surface area contributed by atoms with Gasteiger partial charge in [0, 0.05) is 6.42 Å². The Morgan fingerprint density at radius 2 is 2.14 bits per heavy atom. The average molecular weight is 193 g/mol. The fraction of sp³-hybridized carbons (Fsp3) is 0.200. The number of methoxy groups -OCH3 is 1. The van der Waals surface area contributed by atoms with Crippen LogP contribution in [0.25, 0.3) is 0 Å². The third-order valence-corrected chi connectivity index (χ3v) is 1.73. The Hall–Kier alpha value is -1.84. The van der Waals surface area contributed by atoms with Gasteiger partial charge in [0.15, 0.2) is 5.76 Å². The zero-order chi connectivity index (χ0) is 10.4. The number of nitrogens with zero attached hydrogens (tertiary/aromatic N) is 1. The van der Waals surface area contributed by atoms with E-state index in [1.54, 1.807) is 0 Å². The van der Waals surface area contributed by atoms with Gasteiger partial charge in [-0.3, -0.25) is 10.1 Å². The molecule has 4 heteroatoms. The number of ether oxygens (including phenoxy) is 1. The van der Waals surface area contributed by atoms with Crippen molar-refractivity contribution >= 4 is 0 Å². The fourth-order valence-corrected chi connectivity index (χ4v) is 1.09. The normalized spacial score (nSPS) is 11.1. The summed E-state index contributed by atoms with van der Waals surface area (Å²) in [6, 6.07) is 9.45. The molecule has 0 saturated carbocycles. The van der Waals surface area contributed by atoms with Crippen molar-refractivity contribution in [2.45, 2.75) is 6.42 Å². The van der Waals surface area contributed by atoms with Gasteiger partial charge in [0.1, 0.15) is 0 Å². The van der Waals surface area contributed by atoms with Crippen LogP contribution in [0.1, 0.15) is 5.56 Å². The first-order chi connectivity index (χ1) is 6.72. The molecule has 0 aromatic heterocycles. The Morgan fingerprint density at radius 3 is 2.64 bits per heavy atom. The van der Waals surface area contributed by atoms with Crippen molar-refractivity contribution in [2.75, 3.05) is 7.11 Å². The number of benzene rings is 1. The van der Waals surface area contributed by atoms with Crippen LogP contribution in [-0.2, 0) is 11.2 Å². The quantitative estimate of drug-likeness (QED) is 0.417. The van der Waals surface area contributed by atoms with Crippen molar-refractivity contribution in [3.63, 3.8) is 0 Å². The lowest BCUT2D eigenvalue weighted by atomic mass is 10.1. The molecule has 0 atom stereocenters. The van der Waals surface area contributed by atoms with E-state index < -0.39 is 4.92 Å². The molecule has 0 N–H and O–H groups in total. The smallest absolute Gasteiger partial charge is 0.272 e. The van der Waals surface area contributed by atoms with Crippen molar-refractivity contribution < 1.29 is 9.66 Å². The van der Waals surface area contributed by atoms with Crippen molar-refractivity contribution in [1.29, 1.82) is 0 Å². The number of hydrogen-bond acceptors (Lipinski definition) is 3. The minimum absolute atomic E-state index is 0.348. The van der Waals surface area contributed by atoms with E-state index in [1.807, 2.05) is 30.3 Å². The predicted molar refractivity (Wildman–Crippen MR) is 52.2 cm³/mol. The lowest BCUT2D eigenvalue weighted by Crippen LogP contribution is -1.97. The van der Waals surface area contributed by atoms with Crippen LogP contribution in [0.3, 0.4) is 0 Å². The Labute approximate surface area is 82.0 Å². The van der Waals surface area contributed by atoms with E-state index in [9.17, 15) is 10.1 Å². The number of allylic oxidation sites excluding steroid dienone is 1. The highest BCUT2D eigenvalue weighted by molar-refractivity contribution is 5.18. The summed E-state index contributed by atoms with van der Waals surface area (Å²) in [7, 11) is 1.43. The molecule has 0 radical (unpaired) electrons. The molecule has 0 aliphatic rings. The molecule has 4 nitrogen and oxygen atoms in total. The second-order valence-corrected chi connectivity index (χ2v) is 2.75. The van der Waals surface area contributed by atoms with Crippen molar-refractivity contribution in [1.82, 2.24) is 0 Å². The monoisotopic (exact) mass is 193 g/mol. The molecule has 0 spiro atoms. The summed E-state index contributed by atoms with van der Waals surface area (Å²) >= 11 is 0. The first-order valence-corrected chi connectivity index (χ1v) is 4.14. The molecule has 0 bridgehead atoms. The molecular weight excluding hydrogens is 182 g/mol. The van der Waals surface area contributed by atoms with Crippen LogP contribution in [0, 0.1) is 10.1 Å². The molecule has 0 aliphatic carbocycles. The van der Waals surface area contributed by atoms with Crippen LogP contribution in [0.4, 0.5) is 0 Å². The average Bonchev–Trinajstić information content (AvgIpc) is 2.17. The Kier molecular flexibility index (Phi) is 3.67. The second-order valence-electron chi connectivity index (χ2n) is 2.75. The third-order valence-electron chi connectivity index (χ3n) is 1.73. The van der Waals surface area contributed by atoms with E-state index in [0.29, 0.717) is 12.2 Å². The third kappa shape index (κ3) is 3.26. The molecule has 1 rings (SSSR count). The van der Waals surface area contributed by atoms with E-state index in [4.69, 9.17) is 4.74 Å². The van der Waals surface area contributed by atoms with E-state index in [2.05, 4.69) is 0 Å². The molecule has 0 heterocycles. The van der Waals surface area contributed by atoms with E-state index in [-0.39, 0.29) is 0 Å². The summed E-state index contributed by atoms with van der Waals surface area (Å²) in [5, 5.41) is 10.2. The van der Waals surface area contributed by atoms with Crippen LogP contribution < -0.4 is 0 Å². The largest absolute Gasteiger partial charge is 0.494 e. The van der Waals surface area contributed by atoms with Gasteiger partial charge in [-0.05, 0) is 5.56 Å². The number of rotatable bonds is 4. The standard InChI is InChI=1S/C10H11NO3/c1-14-10(8-11(12)13)7-9-5-3-2-4-6-9/h2-6,8H,7H2,1H3. The minimum atomic E-state index is -0.512. The summed E-state index contributed by atoms with van der Waals surface area (Å²) < 4.78 is 4.88. The number of hydrogen-bond donors (Lipinski definition) is 0. The maximum atomic E-state index is 10.2. The van der Waals surface area contributed by atoms with Crippen molar-refractivity contribution in [2.24, 2.45) is 0 Å². The molecule has 0 unspecified atom stereocenters. The SMILES string of the molecule is COC(=C[N+](=O)[O-])Cc1ccccc1. The Balaban J connectivity index is 2.71. The lowest BCUT2D eigenvalue weighted by molar-refractivity contribution is -0.405. The highest BCUT2D eigenvalue weighted by atomic mass is 16.6. The van der Waals surface area contributed by atoms with Crippen LogP contribution in [-0.4, -0.2) is 12.0 Å². The van der Waals surface area contributed by atoms with Crippen LogP contribution >= 0.6 is 0 Å². The minimum Gasteiger partial charge on any atom is -0.494 e. The predicted octanol–water partition coefficient (Wildman–Crippen LogP) is 1.99.